The minimum atomic E-state index is -3.19. The normalized spacial score (nSPS) is 15.2. The molecule has 2 N–H and O–H groups in total. The molecule has 1 aliphatic heterocycles. The standard InChI is InChI=1S/C22H28F2N10O/c1-15(35)28-20-12-17(29-19-4-5-25-21(30-19)22(2,23)24)16(13-26-20)18-14-27-34(31-18)11-10-33-8-6-32(3)7-9-33/h4-5,12-14H,6-11H2,1-3H3,(H2,25,26,28,29,30,35). The molecule has 1 fully saturated rings. The summed E-state index contributed by atoms with van der Waals surface area (Å²) in [5.74, 6) is -3.62. The lowest BCUT2D eigenvalue weighted by Gasteiger charge is -2.32. The zero-order valence-electron chi connectivity index (χ0n) is 19.9. The Hall–Kier alpha value is -3.58. The Morgan fingerprint density at radius 1 is 1.11 bits per heavy atom. The number of halogens is 2. The van der Waals surface area contributed by atoms with Crippen molar-refractivity contribution in [1.29, 1.82) is 0 Å². The molecule has 1 amide bonds. The van der Waals surface area contributed by atoms with Crippen LogP contribution in [0.5, 0.6) is 0 Å². The second kappa shape index (κ2) is 10.4. The van der Waals surface area contributed by atoms with Gasteiger partial charge in [0.15, 0.2) is 0 Å². The molecule has 0 unspecified atom stereocenters. The van der Waals surface area contributed by atoms with Crippen molar-refractivity contribution in [3.63, 3.8) is 0 Å². The predicted molar refractivity (Wildman–Crippen MR) is 126 cm³/mol. The highest BCUT2D eigenvalue weighted by molar-refractivity contribution is 5.89. The number of rotatable bonds is 8. The van der Waals surface area contributed by atoms with E-state index in [0.717, 1.165) is 39.6 Å². The molecule has 186 valence electrons. The first-order valence-electron chi connectivity index (χ1n) is 11.2. The molecule has 0 aliphatic carbocycles. The van der Waals surface area contributed by atoms with E-state index in [1.165, 1.54) is 19.2 Å². The Labute approximate surface area is 201 Å². The largest absolute Gasteiger partial charge is 0.339 e. The molecule has 0 aromatic carbocycles. The van der Waals surface area contributed by atoms with Crippen LogP contribution in [0.4, 0.5) is 26.1 Å². The lowest BCUT2D eigenvalue weighted by Crippen LogP contribution is -2.45. The van der Waals surface area contributed by atoms with Crippen LogP contribution >= 0.6 is 0 Å². The molecule has 0 saturated carbocycles. The second-order valence-corrected chi connectivity index (χ2v) is 8.55. The van der Waals surface area contributed by atoms with E-state index in [2.05, 4.69) is 52.6 Å². The first kappa shape index (κ1) is 24.5. The SMILES string of the molecule is CC(=O)Nc1cc(Nc2ccnc(C(C)(F)F)n2)c(-c2cnn(CCN3CCN(C)CC3)n2)cn1. The quantitative estimate of drug-likeness (QED) is 0.494. The fourth-order valence-electron chi connectivity index (χ4n) is 3.62. The maximum absolute atomic E-state index is 13.7. The molecule has 0 atom stereocenters. The number of aromatic nitrogens is 6. The van der Waals surface area contributed by atoms with Gasteiger partial charge in [0.1, 0.15) is 17.3 Å². The van der Waals surface area contributed by atoms with E-state index in [4.69, 9.17) is 0 Å². The zero-order chi connectivity index (χ0) is 25.0. The minimum absolute atomic E-state index is 0.167. The van der Waals surface area contributed by atoms with Crippen LogP contribution in [0.1, 0.15) is 19.7 Å². The molecule has 13 heteroatoms. The number of carbonyl (C=O) groups excluding carboxylic acids is 1. The lowest BCUT2D eigenvalue weighted by molar-refractivity contribution is -0.114. The number of alkyl halides is 2. The van der Waals surface area contributed by atoms with Crippen LogP contribution in [0, 0.1) is 0 Å². The summed E-state index contributed by atoms with van der Waals surface area (Å²) in [7, 11) is 2.12. The number of pyridine rings is 1. The molecule has 3 aromatic heterocycles. The monoisotopic (exact) mass is 486 g/mol. The Morgan fingerprint density at radius 2 is 1.89 bits per heavy atom. The van der Waals surface area contributed by atoms with Gasteiger partial charge in [-0.25, -0.2) is 15.0 Å². The van der Waals surface area contributed by atoms with Crippen LogP contribution in [0.2, 0.25) is 0 Å². The maximum Gasteiger partial charge on any atom is 0.303 e. The fraction of sp³-hybridized carbons (Fsp3) is 0.455. The number of hydrogen-bond donors (Lipinski definition) is 2. The average Bonchev–Trinajstić information content (AvgIpc) is 3.27. The van der Waals surface area contributed by atoms with Crippen molar-refractivity contribution in [2.24, 2.45) is 0 Å². The van der Waals surface area contributed by atoms with E-state index in [9.17, 15) is 13.6 Å². The molecule has 11 nitrogen and oxygen atoms in total. The van der Waals surface area contributed by atoms with Gasteiger partial charge in [-0.1, -0.05) is 0 Å². The summed E-state index contributed by atoms with van der Waals surface area (Å²) in [4.78, 5) is 29.7. The van der Waals surface area contributed by atoms with Gasteiger partial charge in [0, 0.05) is 70.6 Å². The Balaban J connectivity index is 1.56. The summed E-state index contributed by atoms with van der Waals surface area (Å²) >= 11 is 0. The lowest BCUT2D eigenvalue weighted by atomic mass is 10.1. The molecule has 4 heterocycles. The average molecular weight is 487 g/mol. The van der Waals surface area contributed by atoms with Gasteiger partial charge in [0.05, 0.1) is 18.4 Å². The highest BCUT2D eigenvalue weighted by Crippen LogP contribution is 2.31. The van der Waals surface area contributed by atoms with Gasteiger partial charge in [-0.05, 0) is 13.1 Å². The number of anilines is 3. The molecule has 0 spiro atoms. The van der Waals surface area contributed by atoms with Crippen molar-refractivity contribution < 1.29 is 13.6 Å². The number of hydrogen-bond acceptors (Lipinski definition) is 9. The van der Waals surface area contributed by atoms with E-state index in [0.29, 0.717) is 29.3 Å². The number of likely N-dealkylation sites (N-methyl/N-ethyl adjacent to an activating group) is 1. The van der Waals surface area contributed by atoms with Gasteiger partial charge in [-0.2, -0.15) is 23.8 Å². The van der Waals surface area contributed by atoms with Crippen molar-refractivity contribution in [1.82, 2.24) is 39.7 Å². The smallest absolute Gasteiger partial charge is 0.303 e. The zero-order valence-corrected chi connectivity index (χ0v) is 19.9. The van der Waals surface area contributed by atoms with Gasteiger partial charge >= 0.3 is 5.92 Å². The molecule has 1 saturated heterocycles. The summed E-state index contributed by atoms with van der Waals surface area (Å²) in [6.45, 7) is 7.65. The summed E-state index contributed by atoms with van der Waals surface area (Å²) in [5.41, 5.74) is 1.59. The van der Waals surface area contributed by atoms with Crippen LogP contribution in [-0.4, -0.2) is 85.4 Å². The van der Waals surface area contributed by atoms with E-state index < -0.39 is 11.7 Å². The van der Waals surface area contributed by atoms with Gasteiger partial charge in [-0.3, -0.25) is 9.69 Å². The molecular formula is C22H28F2N10O. The van der Waals surface area contributed by atoms with E-state index in [1.54, 1.807) is 23.3 Å². The van der Waals surface area contributed by atoms with Crippen LogP contribution in [-0.2, 0) is 17.3 Å². The molecule has 0 radical (unpaired) electrons. The van der Waals surface area contributed by atoms with Gasteiger partial charge in [-0.15, -0.1) is 0 Å². The van der Waals surface area contributed by atoms with Crippen molar-refractivity contribution >= 4 is 23.2 Å². The Bertz CT molecular complexity index is 1170. The third kappa shape index (κ3) is 6.51. The van der Waals surface area contributed by atoms with Gasteiger partial charge < -0.3 is 15.5 Å². The van der Waals surface area contributed by atoms with Crippen LogP contribution in [0.3, 0.4) is 0 Å². The number of nitrogens with zero attached hydrogens (tertiary/aromatic N) is 8. The fourth-order valence-corrected chi connectivity index (χ4v) is 3.62. The highest BCUT2D eigenvalue weighted by atomic mass is 19.3. The highest BCUT2D eigenvalue weighted by Gasteiger charge is 2.28. The van der Waals surface area contributed by atoms with Crippen molar-refractivity contribution in [2.75, 3.05) is 50.4 Å². The van der Waals surface area contributed by atoms with Gasteiger partial charge in [0.2, 0.25) is 11.7 Å². The Kier molecular flexibility index (Phi) is 7.26. The molecule has 0 bridgehead atoms. The van der Waals surface area contributed by atoms with Crippen molar-refractivity contribution in [3.8, 4) is 11.3 Å². The van der Waals surface area contributed by atoms with E-state index in [1.807, 2.05) is 0 Å². The Morgan fingerprint density at radius 3 is 2.60 bits per heavy atom. The molecule has 1 aliphatic rings. The first-order valence-corrected chi connectivity index (χ1v) is 11.2. The number of carbonyl (C=O) groups is 1. The van der Waals surface area contributed by atoms with Crippen molar-refractivity contribution in [2.45, 2.75) is 26.3 Å². The molecule has 4 rings (SSSR count). The summed E-state index contributed by atoms with van der Waals surface area (Å²) in [6, 6.07) is 3.07. The molecular weight excluding hydrogens is 458 g/mol. The first-order chi connectivity index (χ1) is 16.7. The summed E-state index contributed by atoms with van der Waals surface area (Å²) in [5, 5.41) is 14.6. The molecule has 3 aromatic rings. The number of amides is 1. The number of nitrogens with one attached hydrogen (secondary N) is 2. The van der Waals surface area contributed by atoms with E-state index >= 15 is 0 Å². The molecule has 35 heavy (non-hydrogen) atoms. The predicted octanol–water partition coefficient (Wildman–Crippen LogP) is 2.19. The van der Waals surface area contributed by atoms with Crippen LogP contribution < -0.4 is 10.6 Å². The second-order valence-electron chi connectivity index (χ2n) is 8.55. The van der Waals surface area contributed by atoms with E-state index in [-0.39, 0.29) is 11.7 Å². The third-order valence-corrected chi connectivity index (χ3v) is 5.54. The number of piperazine rings is 1. The topological polar surface area (TPSA) is 117 Å². The van der Waals surface area contributed by atoms with Gasteiger partial charge in [0.25, 0.3) is 0 Å². The minimum Gasteiger partial charge on any atom is -0.339 e. The van der Waals surface area contributed by atoms with Crippen LogP contribution in [0.15, 0.2) is 30.7 Å². The third-order valence-electron chi connectivity index (χ3n) is 5.54. The van der Waals surface area contributed by atoms with Crippen LogP contribution in [0.25, 0.3) is 11.3 Å². The summed E-state index contributed by atoms with van der Waals surface area (Å²) < 4.78 is 27.4. The van der Waals surface area contributed by atoms with Crippen molar-refractivity contribution in [3.05, 3.63) is 36.5 Å². The summed E-state index contributed by atoms with van der Waals surface area (Å²) in [6.07, 6.45) is 4.42. The maximum atomic E-state index is 13.7.